The van der Waals surface area contributed by atoms with Crippen LogP contribution in [0.3, 0.4) is 0 Å². The monoisotopic (exact) mass is 717 g/mol. The standard InChI is InChI=1S/C43H31N.2C6H6/c1-3-13-29(14-4-1)33-25-23-31(27-38(33)30-15-5-2-6-16-30)44-32-24-26-37-36-19-9-12-22-41(36)43(42(37)28-32)39-20-10-7-17-34(39)35-18-8-11-21-40(35)43;2*1-2-4-6-5-3-1/h1-5,7-15,17-28,44H,6,16H2;2*1-6H. The Kier molecular flexibility index (Phi) is 9.81. The van der Waals surface area contributed by atoms with Crippen molar-refractivity contribution in [3.8, 4) is 33.4 Å². The second kappa shape index (κ2) is 15.8. The average Bonchev–Trinajstić information content (AvgIpc) is 3.76. The molecule has 1 spiro atoms. The number of hydrogen-bond acceptors (Lipinski definition) is 1. The summed E-state index contributed by atoms with van der Waals surface area (Å²) in [5.74, 6) is 0. The molecule has 0 heterocycles. The van der Waals surface area contributed by atoms with Crippen LogP contribution in [0, 0.1) is 0 Å². The Labute approximate surface area is 331 Å². The summed E-state index contributed by atoms with van der Waals surface area (Å²) in [6.45, 7) is 0. The summed E-state index contributed by atoms with van der Waals surface area (Å²) in [5, 5.41) is 3.83. The number of allylic oxidation sites excluding steroid dienone is 4. The maximum atomic E-state index is 3.83. The molecular weight excluding hydrogens is 675 g/mol. The zero-order valence-electron chi connectivity index (χ0n) is 31.4. The lowest BCUT2D eigenvalue weighted by atomic mass is 9.70. The Balaban J connectivity index is 0.000000293. The van der Waals surface area contributed by atoms with Crippen molar-refractivity contribution in [2.75, 3.05) is 5.32 Å². The number of rotatable bonds is 4. The molecule has 8 aromatic rings. The van der Waals surface area contributed by atoms with E-state index >= 15 is 0 Å². The Morgan fingerprint density at radius 3 is 1.29 bits per heavy atom. The first-order chi connectivity index (χ1) is 27.8. The lowest BCUT2D eigenvalue weighted by molar-refractivity contribution is 0.794. The van der Waals surface area contributed by atoms with Crippen LogP contribution in [-0.4, -0.2) is 0 Å². The molecule has 1 heteroatoms. The summed E-state index contributed by atoms with van der Waals surface area (Å²) in [4.78, 5) is 0. The molecule has 56 heavy (non-hydrogen) atoms. The highest BCUT2D eigenvalue weighted by atomic mass is 14.9. The highest BCUT2D eigenvalue weighted by Crippen LogP contribution is 2.63. The molecule has 1 nitrogen and oxygen atoms in total. The molecule has 0 atom stereocenters. The van der Waals surface area contributed by atoms with Crippen LogP contribution in [0.4, 0.5) is 11.4 Å². The first kappa shape index (κ1) is 34.8. The molecule has 11 rings (SSSR count). The summed E-state index contributed by atoms with van der Waals surface area (Å²) in [6.07, 6.45) is 8.86. The van der Waals surface area contributed by atoms with Crippen molar-refractivity contribution in [2.24, 2.45) is 0 Å². The smallest absolute Gasteiger partial charge is 0.0726 e. The number of hydrogen-bond donors (Lipinski definition) is 1. The van der Waals surface area contributed by atoms with Crippen molar-refractivity contribution in [3.63, 3.8) is 0 Å². The Morgan fingerprint density at radius 1 is 0.357 bits per heavy atom. The fourth-order valence-corrected chi connectivity index (χ4v) is 8.69. The third-order valence-corrected chi connectivity index (χ3v) is 11.1. The zero-order chi connectivity index (χ0) is 37.6. The molecule has 0 amide bonds. The van der Waals surface area contributed by atoms with Gasteiger partial charge in [-0.2, -0.15) is 0 Å². The molecule has 0 unspecified atom stereocenters. The van der Waals surface area contributed by atoms with Gasteiger partial charge in [0.05, 0.1) is 5.41 Å². The largest absolute Gasteiger partial charge is 0.355 e. The van der Waals surface area contributed by atoms with Gasteiger partial charge in [-0.1, -0.05) is 206 Å². The minimum absolute atomic E-state index is 0.335. The van der Waals surface area contributed by atoms with Crippen LogP contribution < -0.4 is 5.32 Å². The van der Waals surface area contributed by atoms with E-state index in [1.54, 1.807) is 0 Å². The second-order valence-electron chi connectivity index (χ2n) is 14.4. The Hall–Kier alpha value is -6.96. The summed E-state index contributed by atoms with van der Waals surface area (Å²) in [7, 11) is 0. The molecule has 0 radical (unpaired) electrons. The number of benzene rings is 8. The molecule has 0 aliphatic heterocycles. The van der Waals surface area contributed by atoms with Gasteiger partial charge in [-0.05, 0) is 104 Å². The SMILES string of the molecule is C1=CCCC(c2cc(Nc3ccc4c(c3)C3(c5ccccc5-c5ccccc53)c3ccccc3-4)ccc2-c2ccccc2)=C1.c1ccccc1.c1ccccc1. The third kappa shape index (κ3) is 6.48. The predicted molar refractivity (Wildman–Crippen MR) is 237 cm³/mol. The van der Waals surface area contributed by atoms with E-state index in [2.05, 4.69) is 163 Å². The van der Waals surface area contributed by atoms with Crippen LogP contribution in [0.15, 0.2) is 231 Å². The fraction of sp³-hybridized carbons (Fsp3) is 0.0545. The normalized spacial score (nSPS) is 13.4. The van der Waals surface area contributed by atoms with Crippen LogP contribution in [0.1, 0.15) is 40.7 Å². The van der Waals surface area contributed by atoms with Gasteiger partial charge in [-0.3, -0.25) is 0 Å². The van der Waals surface area contributed by atoms with Gasteiger partial charge in [-0.15, -0.1) is 0 Å². The Bertz CT molecular complexity index is 2500. The van der Waals surface area contributed by atoms with Crippen LogP contribution >= 0.6 is 0 Å². The van der Waals surface area contributed by atoms with Gasteiger partial charge in [0.1, 0.15) is 0 Å². The highest BCUT2D eigenvalue weighted by molar-refractivity contribution is 5.96. The van der Waals surface area contributed by atoms with E-state index in [1.165, 1.54) is 66.8 Å². The molecule has 268 valence electrons. The molecule has 0 bridgehead atoms. The van der Waals surface area contributed by atoms with E-state index in [0.717, 1.165) is 24.2 Å². The van der Waals surface area contributed by atoms with Crippen molar-refractivity contribution < 1.29 is 0 Å². The maximum absolute atomic E-state index is 3.83. The van der Waals surface area contributed by atoms with E-state index in [-0.39, 0.29) is 5.41 Å². The minimum atomic E-state index is -0.335. The van der Waals surface area contributed by atoms with Crippen molar-refractivity contribution in [3.05, 3.63) is 258 Å². The van der Waals surface area contributed by atoms with E-state index in [4.69, 9.17) is 0 Å². The first-order valence-electron chi connectivity index (χ1n) is 19.6. The van der Waals surface area contributed by atoms with Gasteiger partial charge in [0.2, 0.25) is 0 Å². The van der Waals surface area contributed by atoms with Crippen molar-refractivity contribution in [1.82, 2.24) is 0 Å². The molecule has 0 saturated heterocycles. The van der Waals surface area contributed by atoms with Gasteiger partial charge < -0.3 is 5.32 Å². The molecule has 0 aromatic heterocycles. The molecule has 1 N–H and O–H groups in total. The zero-order valence-corrected chi connectivity index (χ0v) is 31.4. The average molecular weight is 718 g/mol. The molecule has 3 aliphatic rings. The van der Waals surface area contributed by atoms with E-state index in [9.17, 15) is 0 Å². The van der Waals surface area contributed by atoms with Gasteiger partial charge in [0, 0.05) is 11.4 Å². The van der Waals surface area contributed by atoms with Gasteiger partial charge >= 0.3 is 0 Å². The lowest BCUT2D eigenvalue weighted by Crippen LogP contribution is -2.25. The minimum Gasteiger partial charge on any atom is -0.355 e. The molecule has 3 aliphatic carbocycles. The van der Waals surface area contributed by atoms with Crippen molar-refractivity contribution >= 4 is 16.9 Å². The van der Waals surface area contributed by atoms with E-state index < -0.39 is 0 Å². The highest BCUT2D eigenvalue weighted by Gasteiger charge is 2.51. The molecule has 8 aromatic carbocycles. The Morgan fingerprint density at radius 2 is 0.786 bits per heavy atom. The summed E-state index contributed by atoms with van der Waals surface area (Å²) < 4.78 is 0. The molecule has 0 saturated carbocycles. The van der Waals surface area contributed by atoms with Crippen molar-refractivity contribution in [2.45, 2.75) is 18.3 Å². The third-order valence-electron chi connectivity index (χ3n) is 11.1. The van der Waals surface area contributed by atoms with Gasteiger partial charge in [0.15, 0.2) is 0 Å². The molecule has 0 fully saturated rings. The maximum Gasteiger partial charge on any atom is 0.0726 e. The second-order valence-corrected chi connectivity index (χ2v) is 14.4. The van der Waals surface area contributed by atoms with Gasteiger partial charge in [0.25, 0.3) is 0 Å². The summed E-state index contributed by atoms with van der Waals surface area (Å²) in [5.41, 5.74) is 17.9. The van der Waals surface area contributed by atoms with Crippen LogP contribution in [-0.2, 0) is 5.41 Å². The molecular formula is C55H43N. The summed E-state index contributed by atoms with van der Waals surface area (Å²) >= 11 is 0. The number of nitrogens with one attached hydrogen (secondary N) is 1. The number of anilines is 2. The fourth-order valence-electron chi connectivity index (χ4n) is 8.69. The van der Waals surface area contributed by atoms with E-state index in [0.29, 0.717) is 0 Å². The van der Waals surface area contributed by atoms with Crippen LogP contribution in [0.25, 0.3) is 39.0 Å². The predicted octanol–water partition coefficient (Wildman–Crippen LogP) is 14.5. The first-order valence-corrected chi connectivity index (χ1v) is 19.6. The van der Waals surface area contributed by atoms with Crippen LogP contribution in [0.2, 0.25) is 0 Å². The summed E-state index contributed by atoms with van der Waals surface area (Å²) in [6, 6.07) is 75.5. The van der Waals surface area contributed by atoms with Crippen molar-refractivity contribution in [1.29, 1.82) is 0 Å². The van der Waals surface area contributed by atoms with E-state index in [1.807, 2.05) is 72.8 Å². The van der Waals surface area contributed by atoms with Crippen LogP contribution in [0.5, 0.6) is 0 Å². The van der Waals surface area contributed by atoms with Gasteiger partial charge in [-0.25, -0.2) is 0 Å². The topological polar surface area (TPSA) is 12.0 Å². The number of fused-ring (bicyclic) bond motifs is 10. The lowest BCUT2D eigenvalue weighted by Gasteiger charge is -2.30. The quantitative estimate of drug-likeness (QED) is 0.191.